The maximum absolute atomic E-state index is 8.72. The van der Waals surface area contributed by atoms with Gasteiger partial charge >= 0.3 is 0 Å². The molecule has 0 spiro atoms. The van der Waals surface area contributed by atoms with E-state index in [-0.39, 0.29) is 12.4 Å². The Morgan fingerprint density at radius 1 is 1.29 bits per heavy atom. The number of nitrogens with one attached hydrogen (secondary N) is 1. The van der Waals surface area contributed by atoms with E-state index in [1.165, 1.54) is 12.8 Å². The van der Waals surface area contributed by atoms with Gasteiger partial charge in [0.15, 0.2) is 0 Å². The summed E-state index contributed by atoms with van der Waals surface area (Å²) < 4.78 is 0. The number of nitrogens with zero attached hydrogens (tertiary/aromatic N) is 3. The molecule has 2 atom stereocenters. The number of hydrogen-bond acceptors (Lipinski definition) is 4. The molecule has 2 aliphatic heterocycles. The van der Waals surface area contributed by atoms with Crippen molar-refractivity contribution in [2.24, 2.45) is 0 Å². The summed E-state index contributed by atoms with van der Waals surface area (Å²) in [6, 6.07) is 7.12. The van der Waals surface area contributed by atoms with E-state index in [1.54, 1.807) is 6.20 Å². The van der Waals surface area contributed by atoms with Crippen LogP contribution >= 0.6 is 12.4 Å². The fourth-order valence-electron chi connectivity index (χ4n) is 2.62. The number of hydrogen-bond donors (Lipinski definition) is 1. The zero-order valence-corrected chi connectivity index (χ0v) is 10.3. The first kappa shape index (κ1) is 12.2. The molecule has 4 nitrogen and oxygen atoms in total. The standard InChI is InChI=1S/C12H14N4.ClH/c13-5-9-1-4-12(14-6-9)16-7-10-2-3-11(8-16)15-10;/h1,4,6,10-11,15H,2-3,7-8H2;1H. The van der Waals surface area contributed by atoms with Crippen LogP contribution in [0.5, 0.6) is 0 Å². The van der Waals surface area contributed by atoms with Gasteiger partial charge in [0.05, 0.1) is 5.56 Å². The lowest BCUT2D eigenvalue weighted by molar-refractivity contribution is 0.463. The molecule has 2 bridgehead atoms. The van der Waals surface area contributed by atoms with E-state index in [4.69, 9.17) is 5.26 Å². The minimum absolute atomic E-state index is 0. The van der Waals surface area contributed by atoms with E-state index in [2.05, 4.69) is 21.3 Å². The average Bonchev–Trinajstić information content (AvgIpc) is 2.68. The predicted octanol–water partition coefficient (Wildman–Crippen LogP) is 1.32. The number of fused-ring (bicyclic) bond motifs is 2. The lowest BCUT2D eigenvalue weighted by Gasteiger charge is -2.33. The molecule has 0 aliphatic carbocycles. The van der Waals surface area contributed by atoms with Crippen molar-refractivity contribution in [1.82, 2.24) is 10.3 Å². The summed E-state index contributed by atoms with van der Waals surface area (Å²) in [4.78, 5) is 6.66. The van der Waals surface area contributed by atoms with Gasteiger partial charge in [-0.2, -0.15) is 5.26 Å². The summed E-state index contributed by atoms with van der Waals surface area (Å²) in [6.45, 7) is 2.07. The van der Waals surface area contributed by atoms with Crippen LogP contribution in [0.1, 0.15) is 18.4 Å². The van der Waals surface area contributed by atoms with Crippen LogP contribution in [0.25, 0.3) is 0 Å². The van der Waals surface area contributed by atoms with Gasteiger partial charge < -0.3 is 10.2 Å². The molecule has 90 valence electrons. The van der Waals surface area contributed by atoms with Crippen molar-refractivity contribution in [2.45, 2.75) is 24.9 Å². The second-order valence-electron chi connectivity index (χ2n) is 4.56. The quantitative estimate of drug-likeness (QED) is 0.817. The number of rotatable bonds is 1. The Labute approximate surface area is 107 Å². The maximum atomic E-state index is 8.72. The molecule has 0 saturated carbocycles. The third-order valence-corrected chi connectivity index (χ3v) is 3.42. The van der Waals surface area contributed by atoms with Gasteiger partial charge in [0.25, 0.3) is 0 Å². The normalized spacial score (nSPS) is 26.2. The van der Waals surface area contributed by atoms with E-state index in [1.807, 2.05) is 12.1 Å². The molecule has 2 aliphatic rings. The Morgan fingerprint density at radius 3 is 2.53 bits per heavy atom. The van der Waals surface area contributed by atoms with Crippen molar-refractivity contribution in [3.63, 3.8) is 0 Å². The molecule has 0 aromatic carbocycles. The molecule has 5 heteroatoms. The van der Waals surface area contributed by atoms with Crippen LogP contribution in [0.2, 0.25) is 0 Å². The molecule has 17 heavy (non-hydrogen) atoms. The third-order valence-electron chi connectivity index (χ3n) is 3.42. The highest BCUT2D eigenvalue weighted by atomic mass is 35.5. The van der Waals surface area contributed by atoms with E-state index in [0.29, 0.717) is 17.6 Å². The van der Waals surface area contributed by atoms with Gasteiger partial charge in [0.2, 0.25) is 0 Å². The van der Waals surface area contributed by atoms with Crippen LogP contribution in [-0.2, 0) is 0 Å². The van der Waals surface area contributed by atoms with Crippen LogP contribution < -0.4 is 10.2 Å². The van der Waals surface area contributed by atoms with Gasteiger partial charge in [-0.1, -0.05) is 0 Å². The molecule has 3 rings (SSSR count). The van der Waals surface area contributed by atoms with Crippen molar-refractivity contribution >= 4 is 18.2 Å². The molecule has 1 N–H and O–H groups in total. The summed E-state index contributed by atoms with van der Waals surface area (Å²) in [7, 11) is 0. The Hall–Kier alpha value is -1.31. The molecule has 1 aromatic heterocycles. The van der Waals surface area contributed by atoms with E-state index in [0.717, 1.165) is 18.9 Å². The lowest BCUT2D eigenvalue weighted by atomic mass is 10.2. The number of anilines is 1. The molecule has 2 fully saturated rings. The second kappa shape index (κ2) is 4.91. The van der Waals surface area contributed by atoms with E-state index >= 15 is 0 Å². The molecular weight excluding hydrogens is 236 g/mol. The summed E-state index contributed by atoms with van der Waals surface area (Å²) >= 11 is 0. The number of nitriles is 1. The number of piperazine rings is 1. The highest BCUT2D eigenvalue weighted by molar-refractivity contribution is 5.85. The van der Waals surface area contributed by atoms with Gasteiger partial charge in [-0.25, -0.2) is 4.98 Å². The van der Waals surface area contributed by atoms with Gasteiger partial charge in [-0.05, 0) is 25.0 Å². The Morgan fingerprint density at radius 2 is 2.00 bits per heavy atom. The smallest absolute Gasteiger partial charge is 0.128 e. The first-order valence-electron chi connectivity index (χ1n) is 5.72. The minimum Gasteiger partial charge on any atom is -0.353 e. The fraction of sp³-hybridized carbons (Fsp3) is 0.500. The van der Waals surface area contributed by atoms with Crippen molar-refractivity contribution < 1.29 is 0 Å². The summed E-state index contributed by atoms with van der Waals surface area (Å²) in [5.74, 6) is 0.998. The van der Waals surface area contributed by atoms with Crippen LogP contribution in [0, 0.1) is 11.3 Å². The largest absolute Gasteiger partial charge is 0.353 e. The van der Waals surface area contributed by atoms with Gasteiger partial charge in [0, 0.05) is 31.4 Å². The van der Waals surface area contributed by atoms with Gasteiger partial charge in [-0.3, -0.25) is 0 Å². The second-order valence-corrected chi connectivity index (χ2v) is 4.56. The molecule has 2 saturated heterocycles. The van der Waals surface area contributed by atoms with Crippen molar-refractivity contribution in [3.8, 4) is 6.07 Å². The third kappa shape index (κ3) is 2.36. The molecule has 1 aromatic rings. The van der Waals surface area contributed by atoms with Crippen molar-refractivity contribution in [3.05, 3.63) is 23.9 Å². The Balaban J connectivity index is 0.00000108. The summed E-state index contributed by atoms with van der Waals surface area (Å²) in [5, 5.41) is 12.3. The summed E-state index contributed by atoms with van der Waals surface area (Å²) in [6.07, 6.45) is 4.20. The average molecular weight is 251 g/mol. The van der Waals surface area contributed by atoms with Crippen molar-refractivity contribution in [1.29, 1.82) is 5.26 Å². The number of halogens is 1. The lowest BCUT2D eigenvalue weighted by Crippen LogP contribution is -2.51. The number of aromatic nitrogens is 1. The fourth-order valence-corrected chi connectivity index (χ4v) is 2.62. The zero-order chi connectivity index (χ0) is 11.0. The SMILES string of the molecule is Cl.N#Cc1ccc(N2CC3CCC(C2)N3)nc1. The van der Waals surface area contributed by atoms with Crippen molar-refractivity contribution in [2.75, 3.05) is 18.0 Å². The first-order valence-corrected chi connectivity index (χ1v) is 5.72. The molecular formula is C12H15ClN4. The zero-order valence-electron chi connectivity index (χ0n) is 9.47. The minimum atomic E-state index is 0. The highest BCUT2D eigenvalue weighted by Crippen LogP contribution is 2.23. The summed E-state index contributed by atoms with van der Waals surface area (Å²) in [5.41, 5.74) is 0.627. The monoisotopic (exact) mass is 250 g/mol. The first-order chi connectivity index (χ1) is 7.85. The predicted molar refractivity (Wildman–Crippen MR) is 68.4 cm³/mol. The van der Waals surface area contributed by atoms with Crippen LogP contribution in [-0.4, -0.2) is 30.2 Å². The Bertz CT molecular complexity index is 413. The van der Waals surface area contributed by atoms with E-state index in [9.17, 15) is 0 Å². The van der Waals surface area contributed by atoms with Gasteiger partial charge in [0.1, 0.15) is 11.9 Å². The van der Waals surface area contributed by atoms with Gasteiger partial charge in [-0.15, -0.1) is 12.4 Å². The van der Waals surface area contributed by atoms with Crippen LogP contribution in [0.3, 0.4) is 0 Å². The van der Waals surface area contributed by atoms with Crippen LogP contribution in [0.15, 0.2) is 18.3 Å². The highest BCUT2D eigenvalue weighted by Gasteiger charge is 2.32. The number of pyridine rings is 1. The molecule has 2 unspecified atom stereocenters. The molecule has 0 radical (unpaired) electrons. The maximum Gasteiger partial charge on any atom is 0.128 e. The Kier molecular flexibility index (Phi) is 3.51. The van der Waals surface area contributed by atoms with Crippen LogP contribution in [0.4, 0.5) is 5.82 Å². The molecule has 0 amide bonds. The van der Waals surface area contributed by atoms with E-state index < -0.39 is 0 Å². The topological polar surface area (TPSA) is 52.0 Å². The molecule has 3 heterocycles.